The highest BCUT2D eigenvalue weighted by molar-refractivity contribution is 7.98. The monoisotopic (exact) mass is 311 g/mol. The Kier molecular flexibility index (Phi) is 4.73. The van der Waals surface area contributed by atoms with Gasteiger partial charge in [0.15, 0.2) is 5.82 Å². The minimum Gasteiger partial charge on any atom is -0.338 e. The molecular weight excluding hydrogens is 294 g/mol. The summed E-state index contributed by atoms with van der Waals surface area (Å²) in [6.45, 7) is 6.13. The first kappa shape index (κ1) is 15.4. The van der Waals surface area contributed by atoms with Crippen LogP contribution in [0.5, 0.6) is 0 Å². The van der Waals surface area contributed by atoms with Crippen molar-refractivity contribution in [3.8, 4) is 0 Å². The molecule has 108 valence electrons. The van der Waals surface area contributed by atoms with Gasteiger partial charge in [-0.25, -0.2) is 0 Å². The maximum Gasteiger partial charge on any atom is 0.244 e. The average Bonchev–Trinajstić information content (AvgIpc) is 2.83. The zero-order chi connectivity index (χ0) is 14.8. The normalized spacial score (nSPS) is 13.4. The van der Waals surface area contributed by atoms with Gasteiger partial charge in [-0.15, -0.1) is 11.8 Å². The van der Waals surface area contributed by atoms with E-state index in [2.05, 4.69) is 10.1 Å². The third kappa shape index (κ3) is 3.98. The Bertz CT molecular complexity index is 580. The molecule has 1 aromatic carbocycles. The summed E-state index contributed by atoms with van der Waals surface area (Å²) < 4.78 is 5.24. The second-order valence-electron chi connectivity index (χ2n) is 5.64. The molecule has 0 aliphatic rings. The zero-order valence-electron chi connectivity index (χ0n) is 11.8. The van der Waals surface area contributed by atoms with E-state index in [1.165, 1.54) is 0 Å². The van der Waals surface area contributed by atoms with Crippen LogP contribution in [-0.4, -0.2) is 10.1 Å². The van der Waals surface area contributed by atoms with Crippen molar-refractivity contribution in [1.82, 2.24) is 10.1 Å². The van der Waals surface area contributed by atoms with Crippen molar-refractivity contribution >= 4 is 23.4 Å². The van der Waals surface area contributed by atoms with E-state index < -0.39 is 0 Å². The van der Waals surface area contributed by atoms with E-state index in [4.69, 9.17) is 21.9 Å². The van der Waals surface area contributed by atoms with E-state index in [0.29, 0.717) is 17.5 Å². The molecule has 1 aromatic heterocycles. The van der Waals surface area contributed by atoms with Crippen LogP contribution in [0.4, 0.5) is 0 Å². The lowest BCUT2D eigenvalue weighted by atomic mass is 9.87. The standard InChI is InChI=1S/C14H18ClN3OS/c1-14(2,3)12(16)13-17-11(18-19-13)8-20-10-6-4-5-9(15)7-10/h4-7,12H,8,16H2,1-3H3. The SMILES string of the molecule is CC(C)(C)C(N)c1nc(CSc2cccc(Cl)c2)no1. The number of nitrogens with two attached hydrogens (primary N) is 1. The van der Waals surface area contributed by atoms with Crippen molar-refractivity contribution in [2.75, 3.05) is 0 Å². The number of rotatable bonds is 4. The summed E-state index contributed by atoms with van der Waals surface area (Å²) in [5.41, 5.74) is 5.98. The summed E-state index contributed by atoms with van der Waals surface area (Å²) in [6, 6.07) is 7.41. The second kappa shape index (κ2) is 6.16. The van der Waals surface area contributed by atoms with Crippen LogP contribution >= 0.6 is 23.4 Å². The topological polar surface area (TPSA) is 64.9 Å². The van der Waals surface area contributed by atoms with E-state index in [9.17, 15) is 0 Å². The summed E-state index contributed by atoms with van der Waals surface area (Å²) in [7, 11) is 0. The maximum absolute atomic E-state index is 6.09. The maximum atomic E-state index is 6.09. The lowest BCUT2D eigenvalue weighted by Crippen LogP contribution is -2.26. The van der Waals surface area contributed by atoms with Gasteiger partial charge in [-0.1, -0.05) is 43.6 Å². The van der Waals surface area contributed by atoms with Crippen molar-refractivity contribution in [1.29, 1.82) is 0 Å². The van der Waals surface area contributed by atoms with E-state index >= 15 is 0 Å². The highest BCUT2D eigenvalue weighted by atomic mass is 35.5. The van der Waals surface area contributed by atoms with Gasteiger partial charge < -0.3 is 10.3 Å². The van der Waals surface area contributed by atoms with Crippen LogP contribution in [0.1, 0.15) is 38.5 Å². The molecular formula is C14H18ClN3OS. The number of hydrogen-bond donors (Lipinski definition) is 1. The second-order valence-corrected chi connectivity index (χ2v) is 7.12. The molecule has 4 nitrogen and oxygen atoms in total. The molecule has 6 heteroatoms. The Balaban J connectivity index is 2.00. The van der Waals surface area contributed by atoms with Crippen molar-refractivity contribution in [2.45, 2.75) is 37.5 Å². The summed E-state index contributed by atoms with van der Waals surface area (Å²) in [5.74, 6) is 1.75. The largest absolute Gasteiger partial charge is 0.338 e. The molecule has 1 atom stereocenters. The van der Waals surface area contributed by atoms with E-state index in [-0.39, 0.29) is 11.5 Å². The quantitative estimate of drug-likeness (QED) is 0.862. The van der Waals surface area contributed by atoms with Crippen LogP contribution < -0.4 is 5.73 Å². The van der Waals surface area contributed by atoms with Crippen LogP contribution in [0.3, 0.4) is 0 Å². The third-order valence-corrected chi connectivity index (χ3v) is 4.07. The van der Waals surface area contributed by atoms with Crippen LogP contribution in [0.15, 0.2) is 33.7 Å². The van der Waals surface area contributed by atoms with Crippen LogP contribution in [-0.2, 0) is 5.75 Å². The molecule has 0 saturated carbocycles. The lowest BCUT2D eigenvalue weighted by Gasteiger charge is -2.23. The number of thioether (sulfide) groups is 1. The molecule has 0 aliphatic carbocycles. The fourth-order valence-corrected chi connectivity index (χ4v) is 2.58. The number of aromatic nitrogens is 2. The van der Waals surface area contributed by atoms with Crippen LogP contribution in [0.25, 0.3) is 0 Å². The van der Waals surface area contributed by atoms with Crippen molar-refractivity contribution < 1.29 is 4.52 Å². The van der Waals surface area contributed by atoms with Crippen LogP contribution in [0.2, 0.25) is 5.02 Å². The first-order valence-electron chi connectivity index (χ1n) is 6.32. The number of benzene rings is 1. The van der Waals surface area contributed by atoms with Gasteiger partial charge in [0.2, 0.25) is 5.89 Å². The number of halogens is 1. The van der Waals surface area contributed by atoms with E-state index in [1.807, 2.05) is 45.0 Å². The molecule has 20 heavy (non-hydrogen) atoms. The predicted molar refractivity (Wildman–Crippen MR) is 81.7 cm³/mol. The third-order valence-electron chi connectivity index (χ3n) is 2.85. The van der Waals surface area contributed by atoms with Gasteiger partial charge in [0.25, 0.3) is 0 Å². The summed E-state index contributed by atoms with van der Waals surface area (Å²) in [6.07, 6.45) is 0. The Morgan fingerprint density at radius 1 is 1.40 bits per heavy atom. The summed E-state index contributed by atoms with van der Waals surface area (Å²) >= 11 is 7.55. The fraction of sp³-hybridized carbons (Fsp3) is 0.429. The molecule has 0 aliphatic heterocycles. The van der Waals surface area contributed by atoms with E-state index in [0.717, 1.165) is 9.92 Å². The summed E-state index contributed by atoms with van der Waals surface area (Å²) in [5, 5.41) is 4.69. The molecule has 1 heterocycles. The predicted octanol–water partition coefficient (Wildman–Crippen LogP) is 4.06. The minimum absolute atomic E-state index is 0.107. The minimum atomic E-state index is -0.264. The van der Waals surface area contributed by atoms with Crippen molar-refractivity contribution in [2.24, 2.45) is 11.1 Å². The molecule has 2 rings (SSSR count). The van der Waals surface area contributed by atoms with Crippen LogP contribution in [0, 0.1) is 5.41 Å². The Morgan fingerprint density at radius 3 is 2.80 bits per heavy atom. The number of nitrogens with zero attached hydrogens (tertiary/aromatic N) is 2. The molecule has 2 N–H and O–H groups in total. The number of hydrogen-bond acceptors (Lipinski definition) is 5. The highest BCUT2D eigenvalue weighted by Crippen LogP contribution is 2.30. The Labute approximate surface area is 128 Å². The molecule has 0 saturated heterocycles. The molecule has 0 bridgehead atoms. The zero-order valence-corrected chi connectivity index (χ0v) is 13.3. The van der Waals surface area contributed by atoms with Gasteiger partial charge in [0.1, 0.15) is 0 Å². The van der Waals surface area contributed by atoms with Gasteiger partial charge in [-0.3, -0.25) is 0 Å². The molecule has 0 amide bonds. The molecule has 1 unspecified atom stereocenters. The first-order valence-corrected chi connectivity index (χ1v) is 7.69. The highest BCUT2D eigenvalue weighted by Gasteiger charge is 2.27. The lowest BCUT2D eigenvalue weighted by molar-refractivity contribution is 0.252. The van der Waals surface area contributed by atoms with Gasteiger partial charge >= 0.3 is 0 Å². The van der Waals surface area contributed by atoms with Gasteiger partial charge in [0, 0.05) is 9.92 Å². The molecule has 0 radical (unpaired) electrons. The summed E-state index contributed by atoms with van der Waals surface area (Å²) in [4.78, 5) is 5.43. The average molecular weight is 312 g/mol. The Hall–Kier alpha value is -1.04. The molecule has 0 spiro atoms. The van der Waals surface area contributed by atoms with Crippen molar-refractivity contribution in [3.05, 3.63) is 41.0 Å². The van der Waals surface area contributed by atoms with Gasteiger partial charge in [0.05, 0.1) is 11.8 Å². The molecule has 0 fully saturated rings. The Morgan fingerprint density at radius 2 is 2.15 bits per heavy atom. The fourth-order valence-electron chi connectivity index (χ4n) is 1.53. The smallest absolute Gasteiger partial charge is 0.244 e. The van der Waals surface area contributed by atoms with E-state index in [1.54, 1.807) is 11.8 Å². The molecule has 2 aromatic rings. The van der Waals surface area contributed by atoms with Gasteiger partial charge in [-0.2, -0.15) is 4.98 Å². The van der Waals surface area contributed by atoms with Crippen molar-refractivity contribution in [3.63, 3.8) is 0 Å². The first-order chi connectivity index (χ1) is 9.36. The van der Waals surface area contributed by atoms with Gasteiger partial charge in [-0.05, 0) is 23.6 Å².